The molecular weight excluding hydrogens is 326 g/mol. The number of aromatic nitrogens is 2. The molecule has 3 rings (SSSR count). The number of piperidine rings is 1. The molecule has 2 aromatic rings. The van der Waals surface area contributed by atoms with Crippen LogP contribution in [0.25, 0.3) is 0 Å². The van der Waals surface area contributed by atoms with E-state index in [1.165, 1.54) is 0 Å². The minimum atomic E-state index is -0.0596. The number of benzene rings is 1. The lowest BCUT2D eigenvalue weighted by molar-refractivity contribution is 0.0527. The Kier molecular flexibility index (Phi) is 5.00. The molecule has 1 amide bonds. The van der Waals surface area contributed by atoms with Crippen molar-refractivity contribution in [3.63, 3.8) is 0 Å². The highest BCUT2D eigenvalue weighted by molar-refractivity contribution is 6.30. The fourth-order valence-corrected chi connectivity index (χ4v) is 3.13. The van der Waals surface area contributed by atoms with E-state index in [2.05, 4.69) is 9.97 Å². The predicted octanol–water partition coefficient (Wildman–Crippen LogP) is 3.43. The predicted molar refractivity (Wildman–Crippen MR) is 92.5 cm³/mol. The van der Waals surface area contributed by atoms with Crippen molar-refractivity contribution in [1.29, 1.82) is 0 Å². The molecule has 6 heteroatoms. The van der Waals surface area contributed by atoms with Gasteiger partial charge in [0.05, 0.1) is 6.54 Å². The zero-order valence-electron chi connectivity index (χ0n) is 13.8. The second-order valence-corrected chi connectivity index (χ2v) is 6.47. The minimum Gasteiger partial charge on any atom is -0.472 e. The number of hydrogen-bond acceptors (Lipinski definition) is 4. The number of hydrogen-bond donors (Lipinski definition) is 0. The summed E-state index contributed by atoms with van der Waals surface area (Å²) in [6, 6.07) is 8.87. The minimum absolute atomic E-state index is 0.0131. The molecule has 1 fully saturated rings. The Morgan fingerprint density at radius 3 is 2.88 bits per heavy atom. The first-order chi connectivity index (χ1) is 11.5. The fourth-order valence-electron chi connectivity index (χ4n) is 2.94. The highest BCUT2D eigenvalue weighted by Gasteiger charge is 2.26. The number of carbonyl (C=O) groups excluding carboxylic acids is 1. The van der Waals surface area contributed by atoms with Crippen molar-refractivity contribution in [2.75, 3.05) is 13.1 Å². The van der Waals surface area contributed by atoms with Crippen LogP contribution in [0, 0.1) is 13.8 Å². The molecule has 24 heavy (non-hydrogen) atoms. The Labute approximate surface area is 146 Å². The number of halogens is 1. The topological polar surface area (TPSA) is 55.3 Å². The van der Waals surface area contributed by atoms with Gasteiger partial charge in [-0.2, -0.15) is 4.98 Å². The Balaban J connectivity index is 1.69. The van der Waals surface area contributed by atoms with Gasteiger partial charge in [-0.3, -0.25) is 4.79 Å². The van der Waals surface area contributed by atoms with E-state index in [0.717, 1.165) is 25.1 Å². The lowest BCUT2D eigenvalue weighted by Crippen LogP contribution is -2.44. The lowest BCUT2D eigenvalue weighted by atomic mass is 10.1. The largest absolute Gasteiger partial charge is 0.472 e. The lowest BCUT2D eigenvalue weighted by Gasteiger charge is -2.32. The maximum Gasteiger partial charge on any atom is 0.254 e. The quantitative estimate of drug-likeness (QED) is 0.855. The SMILES string of the molecule is Cc1cc(O[C@H]2CCCN(C(=O)c3cccc(Cl)c3)C2)nc(C)n1. The van der Waals surface area contributed by atoms with Gasteiger partial charge in [0.1, 0.15) is 11.9 Å². The van der Waals surface area contributed by atoms with Crippen LogP contribution in [0.5, 0.6) is 5.88 Å². The summed E-state index contributed by atoms with van der Waals surface area (Å²) in [5, 5.41) is 0.567. The zero-order valence-corrected chi connectivity index (χ0v) is 14.6. The van der Waals surface area contributed by atoms with Crippen molar-refractivity contribution in [3.8, 4) is 5.88 Å². The number of carbonyl (C=O) groups is 1. The number of aryl methyl sites for hydroxylation is 2. The van der Waals surface area contributed by atoms with Crippen molar-refractivity contribution in [3.05, 3.63) is 52.4 Å². The van der Waals surface area contributed by atoms with Crippen LogP contribution in [0.2, 0.25) is 5.02 Å². The van der Waals surface area contributed by atoms with Crippen LogP contribution in [-0.2, 0) is 0 Å². The van der Waals surface area contributed by atoms with Crippen molar-refractivity contribution in [2.45, 2.75) is 32.8 Å². The van der Waals surface area contributed by atoms with Crippen LogP contribution < -0.4 is 4.74 Å². The molecule has 0 bridgehead atoms. The molecule has 1 aliphatic heterocycles. The van der Waals surface area contributed by atoms with E-state index in [4.69, 9.17) is 16.3 Å². The van der Waals surface area contributed by atoms with Gasteiger partial charge in [-0.15, -0.1) is 0 Å². The van der Waals surface area contributed by atoms with Gasteiger partial charge in [0, 0.05) is 28.9 Å². The number of rotatable bonds is 3. The van der Waals surface area contributed by atoms with Crippen LogP contribution in [0.15, 0.2) is 30.3 Å². The highest BCUT2D eigenvalue weighted by atomic mass is 35.5. The fraction of sp³-hybridized carbons (Fsp3) is 0.389. The average molecular weight is 346 g/mol. The molecule has 126 valence electrons. The number of ether oxygens (including phenoxy) is 1. The molecule has 0 spiro atoms. The maximum absolute atomic E-state index is 12.6. The summed E-state index contributed by atoms with van der Waals surface area (Å²) < 4.78 is 5.99. The van der Waals surface area contributed by atoms with E-state index in [0.29, 0.717) is 28.8 Å². The van der Waals surface area contributed by atoms with Gasteiger partial charge < -0.3 is 9.64 Å². The Morgan fingerprint density at radius 1 is 1.29 bits per heavy atom. The zero-order chi connectivity index (χ0) is 17.1. The van der Waals surface area contributed by atoms with E-state index in [-0.39, 0.29) is 12.0 Å². The summed E-state index contributed by atoms with van der Waals surface area (Å²) in [7, 11) is 0. The Hall–Kier alpha value is -2.14. The molecule has 0 radical (unpaired) electrons. The summed E-state index contributed by atoms with van der Waals surface area (Å²) in [4.78, 5) is 23.0. The van der Waals surface area contributed by atoms with E-state index in [1.54, 1.807) is 24.3 Å². The van der Waals surface area contributed by atoms with Crippen LogP contribution >= 0.6 is 11.6 Å². The van der Waals surface area contributed by atoms with Crippen LogP contribution in [0.3, 0.4) is 0 Å². The Bertz CT molecular complexity index is 731. The molecule has 0 aliphatic carbocycles. The van der Waals surface area contributed by atoms with Gasteiger partial charge >= 0.3 is 0 Å². The van der Waals surface area contributed by atoms with Crippen LogP contribution in [0.4, 0.5) is 0 Å². The second-order valence-electron chi connectivity index (χ2n) is 6.04. The Morgan fingerprint density at radius 2 is 2.12 bits per heavy atom. The van der Waals surface area contributed by atoms with Gasteiger partial charge in [-0.1, -0.05) is 17.7 Å². The van der Waals surface area contributed by atoms with Crippen LogP contribution in [-0.4, -0.2) is 40.0 Å². The van der Waals surface area contributed by atoms with Crippen molar-refractivity contribution in [1.82, 2.24) is 14.9 Å². The van der Waals surface area contributed by atoms with Gasteiger partial charge in [0.2, 0.25) is 5.88 Å². The average Bonchev–Trinajstić information content (AvgIpc) is 2.53. The van der Waals surface area contributed by atoms with E-state index in [9.17, 15) is 4.79 Å². The summed E-state index contributed by atoms with van der Waals surface area (Å²) in [6.07, 6.45) is 1.75. The van der Waals surface area contributed by atoms with Gasteiger partial charge in [0.25, 0.3) is 5.91 Å². The molecule has 0 N–H and O–H groups in total. The summed E-state index contributed by atoms with van der Waals surface area (Å²) in [5.74, 6) is 1.25. The molecule has 2 heterocycles. The van der Waals surface area contributed by atoms with E-state index >= 15 is 0 Å². The third-order valence-electron chi connectivity index (χ3n) is 3.97. The molecule has 1 saturated heterocycles. The van der Waals surface area contributed by atoms with Gasteiger partial charge in [-0.05, 0) is 44.9 Å². The molecule has 1 atom stereocenters. The third-order valence-corrected chi connectivity index (χ3v) is 4.20. The first-order valence-corrected chi connectivity index (χ1v) is 8.43. The first-order valence-electron chi connectivity index (χ1n) is 8.05. The molecule has 0 unspecified atom stereocenters. The molecule has 5 nitrogen and oxygen atoms in total. The van der Waals surface area contributed by atoms with Crippen molar-refractivity contribution in [2.24, 2.45) is 0 Å². The molecule has 0 saturated carbocycles. The molecule has 1 aromatic carbocycles. The first kappa shape index (κ1) is 16.7. The monoisotopic (exact) mass is 345 g/mol. The van der Waals surface area contributed by atoms with Crippen molar-refractivity contribution < 1.29 is 9.53 Å². The number of amides is 1. The van der Waals surface area contributed by atoms with Crippen molar-refractivity contribution >= 4 is 17.5 Å². The molecule has 1 aromatic heterocycles. The molecule has 1 aliphatic rings. The third kappa shape index (κ3) is 4.03. The van der Waals surface area contributed by atoms with Gasteiger partial charge in [0.15, 0.2) is 0 Å². The van der Waals surface area contributed by atoms with E-state index < -0.39 is 0 Å². The molecular formula is C18H20ClN3O2. The van der Waals surface area contributed by atoms with E-state index in [1.807, 2.05) is 24.8 Å². The normalized spacial score (nSPS) is 17.6. The number of nitrogens with zero attached hydrogens (tertiary/aromatic N) is 3. The van der Waals surface area contributed by atoms with Crippen LogP contribution in [0.1, 0.15) is 34.7 Å². The summed E-state index contributed by atoms with van der Waals surface area (Å²) >= 11 is 5.98. The number of likely N-dealkylation sites (tertiary alicyclic amines) is 1. The summed E-state index contributed by atoms with van der Waals surface area (Å²) in [5.41, 5.74) is 1.48. The maximum atomic E-state index is 12.6. The second kappa shape index (κ2) is 7.18. The highest BCUT2D eigenvalue weighted by Crippen LogP contribution is 2.20. The standard InChI is InChI=1S/C18H20ClN3O2/c1-12-9-17(21-13(2)20-12)24-16-7-4-8-22(11-16)18(23)14-5-3-6-15(19)10-14/h3,5-6,9-10,16H,4,7-8,11H2,1-2H3/t16-/m0/s1. The summed E-state index contributed by atoms with van der Waals surface area (Å²) in [6.45, 7) is 5.04. The van der Waals surface area contributed by atoms with Gasteiger partial charge in [-0.25, -0.2) is 4.98 Å². The smallest absolute Gasteiger partial charge is 0.254 e.